The van der Waals surface area contributed by atoms with Crippen LogP contribution in [0, 0.1) is 5.92 Å². The van der Waals surface area contributed by atoms with Gasteiger partial charge in [0.2, 0.25) is 0 Å². The Balaban J connectivity index is 2.78. The van der Waals surface area contributed by atoms with E-state index in [0.717, 1.165) is 22.4 Å². The van der Waals surface area contributed by atoms with Crippen LogP contribution in [0.2, 0.25) is 0 Å². The summed E-state index contributed by atoms with van der Waals surface area (Å²) in [5, 5.41) is 0. The van der Waals surface area contributed by atoms with Crippen LogP contribution in [0.3, 0.4) is 0 Å². The van der Waals surface area contributed by atoms with Crippen LogP contribution >= 0.6 is 15.9 Å². The maximum atomic E-state index is 5.85. The van der Waals surface area contributed by atoms with E-state index in [4.69, 9.17) is 10.5 Å². The first kappa shape index (κ1) is 12.5. The van der Waals surface area contributed by atoms with E-state index in [1.165, 1.54) is 0 Å². The quantitative estimate of drug-likeness (QED) is 0.910. The summed E-state index contributed by atoms with van der Waals surface area (Å²) in [6.45, 7) is 6.96. The molecule has 0 saturated heterocycles. The molecule has 0 aliphatic rings. The third-order valence-corrected chi connectivity index (χ3v) is 2.76. The SMILES string of the molecule is CC(C)COc1ccc(Br)c(C(C)N)c1. The highest BCUT2D eigenvalue weighted by Gasteiger charge is 2.06. The third kappa shape index (κ3) is 3.84. The Morgan fingerprint density at radius 2 is 2.00 bits per heavy atom. The van der Waals surface area contributed by atoms with Gasteiger partial charge in [-0.3, -0.25) is 0 Å². The van der Waals surface area contributed by atoms with Crippen LogP contribution < -0.4 is 10.5 Å². The summed E-state index contributed by atoms with van der Waals surface area (Å²) in [6, 6.07) is 5.95. The van der Waals surface area contributed by atoms with Gasteiger partial charge in [0.05, 0.1) is 6.61 Å². The number of rotatable bonds is 4. The molecule has 0 bridgehead atoms. The molecule has 15 heavy (non-hydrogen) atoms. The van der Waals surface area contributed by atoms with Crippen molar-refractivity contribution in [1.29, 1.82) is 0 Å². The first-order valence-corrected chi connectivity index (χ1v) is 5.98. The van der Waals surface area contributed by atoms with E-state index in [-0.39, 0.29) is 6.04 Å². The van der Waals surface area contributed by atoms with Gasteiger partial charge < -0.3 is 10.5 Å². The maximum absolute atomic E-state index is 5.85. The van der Waals surface area contributed by atoms with Crippen molar-refractivity contribution in [1.82, 2.24) is 0 Å². The molecule has 0 radical (unpaired) electrons. The molecule has 3 heteroatoms. The number of hydrogen-bond acceptors (Lipinski definition) is 2. The molecule has 1 rings (SSSR count). The van der Waals surface area contributed by atoms with Gasteiger partial charge in [-0.2, -0.15) is 0 Å². The van der Waals surface area contributed by atoms with Gasteiger partial charge in [-0.1, -0.05) is 29.8 Å². The summed E-state index contributed by atoms with van der Waals surface area (Å²) in [5.41, 5.74) is 6.93. The minimum Gasteiger partial charge on any atom is -0.493 e. The predicted molar refractivity (Wildman–Crippen MR) is 67.1 cm³/mol. The molecule has 0 aliphatic carbocycles. The first-order chi connectivity index (χ1) is 7.00. The minimum absolute atomic E-state index is 0.0157. The molecule has 0 amide bonds. The molecule has 1 aromatic carbocycles. The van der Waals surface area contributed by atoms with Crippen LogP contribution in [0.5, 0.6) is 5.75 Å². The van der Waals surface area contributed by atoms with E-state index in [0.29, 0.717) is 5.92 Å². The molecular formula is C12H18BrNO. The van der Waals surface area contributed by atoms with Crippen molar-refractivity contribution in [2.75, 3.05) is 6.61 Å². The van der Waals surface area contributed by atoms with Crippen molar-refractivity contribution in [3.8, 4) is 5.75 Å². The molecule has 0 spiro atoms. The molecule has 0 heterocycles. The fraction of sp³-hybridized carbons (Fsp3) is 0.500. The van der Waals surface area contributed by atoms with E-state index in [1.54, 1.807) is 0 Å². The van der Waals surface area contributed by atoms with E-state index < -0.39 is 0 Å². The maximum Gasteiger partial charge on any atom is 0.119 e. The predicted octanol–water partition coefficient (Wildman–Crippen LogP) is 3.50. The van der Waals surface area contributed by atoms with Crippen LogP contribution in [-0.4, -0.2) is 6.61 Å². The topological polar surface area (TPSA) is 35.2 Å². The molecular weight excluding hydrogens is 254 g/mol. The summed E-state index contributed by atoms with van der Waals surface area (Å²) < 4.78 is 6.67. The molecule has 2 nitrogen and oxygen atoms in total. The normalized spacial score (nSPS) is 12.9. The van der Waals surface area contributed by atoms with Gasteiger partial charge in [-0.25, -0.2) is 0 Å². The average Bonchev–Trinajstić information content (AvgIpc) is 2.16. The Bertz CT molecular complexity index is 323. The Labute approximate surface area is 99.9 Å². The smallest absolute Gasteiger partial charge is 0.119 e. The van der Waals surface area contributed by atoms with E-state index in [2.05, 4.69) is 29.8 Å². The highest BCUT2D eigenvalue weighted by molar-refractivity contribution is 9.10. The second-order valence-corrected chi connectivity index (χ2v) is 5.03. The molecule has 2 N–H and O–H groups in total. The molecule has 0 aliphatic heterocycles. The summed E-state index contributed by atoms with van der Waals surface area (Å²) in [7, 11) is 0. The Morgan fingerprint density at radius 3 is 2.53 bits per heavy atom. The fourth-order valence-electron chi connectivity index (χ4n) is 1.22. The standard InChI is InChI=1S/C12H18BrNO/c1-8(2)7-15-10-4-5-12(13)11(6-10)9(3)14/h4-6,8-9H,7,14H2,1-3H3. The van der Waals surface area contributed by atoms with E-state index >= 15 is 0 Å². The second kappa shape index (κ2) is 5.52. The van der Waals surface area contributed by atoms with Crippen molar-refractivity contribution >= 4 is 15.9 Å². The van der Waals surface area contributed by atoms with Crippen LogP contribution in [0.1, 0.15) is 32.4 Å². The lowest BCUT2D eigenvalue weighted by atomic mass is 10.1. The van der Waals surface area contributed by atoms with Crippen molar-refractivity contribution in [2.45, 2.75) is 26.8 Å². The van der Waals surface area contributed by atoms with Crippen molar-refractivity contribution in [3.63, 3.8) is 0 Å². The van der Waals surface area contributed by atoms with Gasteiger partial charge in [0.15, 0.2) is 0 Å². The van der Waals surface area contributed by atoms with Crippen molar-refractivity contribution < 1.29 is 4.74 Å². The highest BCUT2D eigenvalue weighted by atomic mass is 79.9. The molecule has 0 fully saturated rings. The summed E-state index contributed by atoms with van der Waals surface area (Å²) in [5.74, 6) is 1.42. The van der Waals surface area contributed by atoms with Crippen LogP contribution in [-0.2, 0) is 0 Å². The van der Waals surface area contributed by atoms with E-state index in [1.807, 2.05) is 25.1 Å². The van der Waals surface area contributed by atoms with Gasteiger partial charge in [0.25, 0.3) is 0 Å². The van der Waals surface area contributed by atoms with Crippen molar-refractivity contribution in [3.05, 3.63) is 28.2 Å². The Morgan fingerprint density at radius 1 is 1.33 bits per heavy atom. The van der Waals surface area contributed by atoms with Gasteiger partial charge in [-0.15, -0.1) is 0 Å². The van der Waals surface area contributed by atoms with E-state index in [9.17, 15) is 0 Å². The zero-order chi connectivity index (χ0) is 11.4. The summed E-state index contributed by atoms with van der Waals surface area (Å²) >= 11 is 3.48. The lowest BCUT2D eigenvalue weighted by Gasteiger charge is -2.13. The zero-order valence-corrected chi connectivity index (χ0v) is 11.0. The monoisotopic (exact) mass is 271 g/mol. The number of nitrogens with two attached hydrogens (primary N) is 1. The molecule has 84 valence electrons. The molecule has 0 aromatic heterocycles. The third-order valence-electron chi connectivity index (χ3n) is 2.04. The van der Waals surface area contributed by atoms with Crippen LogP contribution in [0.25, 0.3) is 0 Å². The first-order valence-electron chi connectivity index (χ1n) is 5.18. The zero-order valence-electron chi connectivity index (χ0n) is 9.46. The van der Waals surface area contributed by atoms with Gasteiger partial charge >= 0.3 is 0 Å². The summed E-state index contributed by atoms with van der Waals surface area (Å²) in [6.07, 6.45) is 0. The Hall–Kier alpha value is -0.540. The fourth-order valence-corrected chi connectivity index (χ4v) is 1.83. The highest BCUT2D eigenvalue weighted by Crippen LogP contribution is 2.26. The van der Waals surface area contributed by atoms with Gasteiger partial charge in [-0.05, 0) is 36.6 Å². The number of benzene rings is 1. The minimum atomic E-state index is 0.0157. The molecule has 1 unspecified atom stereocenters. The Kier molecular flexibility index (Phi) is 4.61. The molecule has 1 aromatic rings. The van der Waals surface area contributed by atoms with Gasteiger partial charge in [0.1, 0.15) is 5.75 Å². The number of ether oxygens (including phenoxy) is 1. The largest absolute Gasteiger partial charge is 0.493 e. The number of hydrogen-bond donors (Lipinski definition) is 1. The summed E-state index contributed by atoms with van der Waals surface area (Å²) in [4.78, 5) is 0. The average molecular weight is 272 g/mol. The lowest BCUT2D eigenvalue weighted by molar-refractivity contribution is 0.270. The molecule has 0 saturated carbocycles. The van der Waals surface area contributed by atoms with Crippen LogP contribution in [0.15, 0.2) is 22.7 Å². The van der Waals surface area contributed by atoms with Crippen molar-refractivity contribution in [2.24, 2.45) is 11.7 Å². The van der Waals surface area contributed by atoms with Crippen LogP contribution in [0.4, 0.5) is 0 Å². The number of halogens is 1. The lowest BCUT2D eigenvalue weighted by Crippen LogP contribution is -2.08. The second-order valence-electron chi connectivity index (χ2n) is 4.18. The molecule has 1 atom stereocenters. The van der Waals surface area contributed by atoms with Gasteiger partial charge in [0, 0.05) is 10.5 Å².